The van der Waals surface area contributed by atoms with Crippen LogP contribution in [0.15, 0.2) is 454 Å². The molecule has 7 heterocycles. The van der Waals surface area contributed by atoms with Gasteiger partial charge in [0.05, 0.1) is 51.7 Å². The second-order valence-corrected chi connectivity index (χ2v) is 34.5. The summed E-state index contributed by atoms with van der Waals surface area (Å²) in [7, 11) is 3.13. The van der Waals surface area contributed by atoms with Crippen molar-refractivity contribution in [3.63, 3.8) is 0 Å². The molecular formula is C124H128BBrN12O4Pd-4. The first-order valence-electron chi connectivity index (χ1n) is 47.8. The standard InChI is InChI=1S/C23H28N6O.C16H21BN2O2.C13H19BrN4O.4C12H10.4C6H5.Pd/c1-6-27(12-13-30-5)21-15-17(3)25-23-22(18(4)26-29(21)23)20-9-8-19(14-16(20)2)28-11-7-10-24-28;1-12-11-13(19-10-6-9-18-19)7-8-14(12)17-20-15(2,3)16(4,5)21-17;1-5-17(6-7-19-4)11-8-9(2)15-13-12(14)10(3)16-18(11)13;4*1-3-7-11(8-4-1)12-9-5-2-6-10-12;4*1-2-4-6-5-3-1;/h7-11,14-15H,6,12-13H2,1-5H3;6-11H,1-5H3;8H,5-7H2,1-4H3;4*1-10H;4*1-5H;/q;;;;;;;4*-1;. The summed E-state index contributed by atoms with van der Waals surface area (Å²) in [6.45, 7) is 29.6. The fourth-order valence-corrected chi connectivity index (χ4v) is 15.2. The summed E-state index contributed by atoms with van der Waals surface area (Å²) < 4.78 is 31.2. The largest absolute Gasteiger partial charge is 0.495 e. The van der Waals surface area contributed by atoms with E-state index in [4.69, 9.17) is 28.9 Å². The number of hydrogen-bond donors (Lipinski definition) is 0. The molecule has 14 aromatic carbocycles. The minimum absolute atomic E-state index is 0. The van der Waals surface area contributed by atoms with E-state index in [1.54, 1.807) is 26.6 Å². The van der Waals surface area contributed by atoms with Gasteiger partial charge in [-0.15, -0.1) is 0 Å². The molecular weight excluding hydrogens is 1920 g/mol. The summed E-state index contributed by atoms with van der Waals surface area (Å²) in [4.78, 5) is 13.9. The van der Waals surface area contributed by atoms with E-state index in [0.717, 1.165) is 115 Å². The maximum absolute atomic E-state index is 6.12. The zero-order valence-electron chi connectivity index (χ0n) is 84.2. The van der Waals surface area contributed by atoms with Gasteiger partial charge in [0, 0.05) is 115 Å². The van der Waals surface area contributed by atoms with Gasteiger partial charge < -0.3 is 28.6 Å². The Morgan fingerprint density at radius 1 is 0.350 bits per heavy atom. The van der Waals surface area contributed by atoms with Crippen LogP contribution in [0.4, 0.5) is 11.6 Å². The topological polar surface area (TPSA) is 139 Å². The number of halogens is 1. The number of methoxy groups -OCH3 is 2. The number of rotatable bonds is 18. The molecule has 20 aromatic rings. The van der Waals surface area contributed by atoms with Crippen LogP contribution in [0.2, 0.25) is 0 Å². The Morgan fingerprint density at radius 2 is 0.636 bits per heavy atom. The minimum atomic E-state index is -0.318. The van der Waals surface area contributed by atoms with Crippen molar-refractivity contribution >= 4 is 51.4 Å². The van der Waals surface area contributed by atoms with Gasteiger partial charge in [-0.2, -0.15) is 175 Å². The molecule has 1 saturated heterocycles. The third-order valence-electron chi connectivity index (χ3n) is 22.9. The number of anilines is 2. The van der Waals surface area contributed by atoms with E-state index in [1.807, 2.05) is 240 Å². The molecule has 0 saturated carbocycles. The first-order valence-corrected chi connectivity index (χ1v) is 48.6. The monoisotopic (exact) mass is 2040 g/mol. The van der Waals surface area contributed by atoms with Crippen LogP contribution in [0, 0.1) is 65.8 Å². The van der Waals surface area contributed by atoms with Crippen molar-refractivity contribution < 1.29 is 39.2 Å². The van der Waals surface area contributed by atoms with Crippen LogP contribution in [0.5, 0.6) is 0 Å². The average Bonchev–Trinajstić information content (AvgIpc) is 1.60. The van der Waals surface area contributed by atoms with E-state index < -0.39 is 0 Å². The molecule has 0 aliphatic carbocycles. The molecule has 0 bridgehead atoms. The number of aryl methyl sites for hydroxylation is 6. The van der Waals surface area contributed by atoms with Gasteiger partial charge in [-0.1, -0.05) is 255 Å². The van der Waals surface area contributed by atoms with Gasteiger partial charge in [0.1, 0.15) is 11.6 Å². The Labute approximate surface area is 869 Å². The fraction of sp³-hybridized carbons (Fsp3) is 0.177. The molecule has 21 rings (SSSR count). The Morgan fingerprint density at radius 3 is 0.902 bits per heavy atom. The van der Waals surface area contributed by atoms with Crippen molar-refractivity contribution in [3.8, 4) is 67.0 Å². The van der Waals surface area contributed by atoms with Crippen molar-refractivity contribution in [2.75, 3.05) is 63.4 Å². The molecule has 0 atom stereocenters. The number of nitrogens with zero attached hydrogens (tertiary/aromatic N) is 12. The molecule has 1 fully saturated rings. The van der Waals surface area contributed by atoms with Crippen molar-refractivity contribution in [2.45, 2.75) is 94.3 Å². The van der Waals surface area contributed by atoms with Gasteiger partial charge in [-0.25, -0.2) is 19.3 Å². The van der Waals surface area contributed by atoms with E-state index in [2.05, 4.69) is 369 Å². The Hall–Kier alpha value is -14.6. The van der Waals surface area contributed by atoms with Gasteiger partial charge in [0.25, 0.3) is 0 Å². The maximum Gasteiger partial charge on any atom is 0.495 e. The molecule has 1 aliphatic heterocycles. The van der Waals surface area contributed by atoms with E-state index in [-0.39, 0.29) is 38.7 Å². The number of benzene rings is 14. The Kier molecular flexibility index (Phi) is 46.2. The predicted octanol–water partition coefficient (Wildman–Crippen LogP) is 28.4. The quantitative estimate of drug-likeness (QED) is 0.0597. The summed E-state index contributed by atoms with van der Waals surface area (Å²) in [6, 6.07) is 154. The second kappa shape index (κ2) is 59.9. The average molecular weight is 2050 g/mol. The van der Waals surface area contributed by atoms with E-state index in [0.29, 0.717) is 13.2 Å². The zero-order valence-corrected chi connectivity index (χ0v) is 87.4. The van der Waals surface area contributed by atoms with Crippen molar-refractivity contribution in [1.82, 2.24) is 48.8 Å². The van der Waals surface area contributed by atoms with Crippen LogP contribution in [0.25, 0.3) is 78.3 Å². The summed E-state index contributed by atoms with van der Waals surface area (Å²) in [5, 5.41) is 18.0. The van der Waals surface area contributed by atoms with Gasteiger partial charge in [0.15, 0.2) is 11.3 Å². The normalized spacial score (nSPS) is 11.4. The molecule has 0 amide bonds. The van der Waals surface area contributed by atoms with E-state index in [1.165, 1.54) is 44.5 Å². The minimum Gasteiger partial charge on any atom is -0.399 e. The van der Waals surface area contributed by atoms with Crippen LogP contribution in [0.3, 0.4) is 0 Å². The predicted molar refractivity (Wildman–Crippen MR) is 592 cm³/mol. The number of likely N-dealkylation sites (N-methyl/N-ethyl adjacent to an activating group) is 2. The van der Waals surface area contributed by atoms with Gasteiger partial charge >= 0.3 is 7.12 Å². The van der Waals surface area contributed by atoms with Crippen LogP contribution < -0.4 is 15.3 Å². The third kappa shape index (κ3) is 34.7. The van der Waals surface area contributed by atoms with Crippen LogP contribution >= 0.6 is 15.9 Å². The van der Waals surface area contributed by atoms with Crippen molar-refractivity contribution in [3.05, 3.63) is 512 Å². The van der Waals surface area contributed by atoms with Crippen LogP contribution in [0.1, 0.15) is 75.4 Å². The first kappa shape index (κ1) is 110. The summed E-state index contributed by atoms with van der Waals surface area (Å²) >= 11 is 3.55. The van der Waals surface area contributed by atoms with Crippen LogP contribution in [-0.2, 0) is 39.2 Å². The van der Waals surface area contributed by atoms with E-state index in [9.17, 15) is 0 Å². The molecule has 0 spiro atoms. The molecule has 6 aromatic heterocycles. The molecule has 0 radical (unpaired) electrons. The molecule has 1 aliphatic rings. The molecule has 16 nitrogen and oxygen atoms in total. The van der Waals surface area contributed by atoms with Gasteiger partial charge in [0.2, 0.25) is 0 Å². The maximum atomic E-state index is 6.12. The SMILES string of the molecule is CCN(CCOC)c1cc(C)nc2c(-c3ccc(-n4cccn4)cc3C)c(C)nn12.CCN(CCOC)c1cc(C)nc2c(Br)c(C)nn12.Cc1cc(-n2cccn2)ccc1B1OC(C)(C)C(C)(C)O1.[Pd].[c-]1ccccc1.[c-]1ccccc1.[c-]1ccccc1.[c-]1ccccc1.c1ccc(-c2ccccc2)cc1.c1ccc(-c2ccccc2)cc1.c1ccc(-c2ccccc2)cc1.c1ccc(-c2ccccc2)cc1. The Balaban J connectivity index is 0.000000168. The molecule has 732 valence electrons. The number of aromatic nitrogens is 10. The number of hydrogen-bond acceptors (Lipinski definition) is 12. The van der Waals surface area contributed by atoms with E-state index >= 15 is 0 Å². The molecule has 143 heavy (non-hydrogen) atoms. The number of ether oxygens (including phenoxy) is 2. The zero-order chi connectivity index (χ0) is 100. The Bertz CT molecular complexity index is 6140. The smallest absolute Gasteiger partial charge is 0.399 e. The van der Waals surface area contributed by atoms with Crippen molar-refractivity contribution in [1.29, 1.82) is 0 Å². The second-order valence-electron chi connectivity index (χ2n) is 33.8. The fourth-order valence-electron chi connectivity index (χ4n) is 14.8. The van der Waals surface area contributed by atoms with Crippen molar-refractivity contribution in [2.24, 2.45) is 0 Å². The third-order valence-corrected chi connectivity index (χ3v) is 23.9. The number of fused-ring (bicyclic) bond motifs is 2. The summed E-state index contributed by atoms with van der Waals surface area (Å²) in [6.07, 6.45) is 7.45. The molecule has 0 N–H and O–H groups in total. The van der Waals surface area contributed by atoms with Gasteiger partial charge in [-0.05, 0) is 202 Å². The van der Waals surface area contributed by atoms with Gasteiger partial charge in [-0.3, -0.25) is 0 Å². The first-order chi connectivity index (χ1) is 69.3. The molecule has 0 unspecified atom stereocenters. The van der Waals surface area contributed by atoms with Crippen LogP contribution in [-0.4, -0.2) is 121 Å². The summed E-state index contributed by atoms with van der Waals surface area (Å²) in [5.74, 6) is 2.09. The summed E-state index contributed by atoms with van der Waals surface area (Å²) in [5.41, 5.74) is 22.9. The molecule has 19 heteroatoms.